The summed E-state index contributed by atoms with van der Waals surface area (Å²) in [4.78, 5) is 8.49. The average molecular weight is 349 g/mol. The van der Waals surface area contributed by atoms with Crippen molar-refractivity contribution in [2.45, 2.75) is 32.4 Å². The van der Waals surface area contributed by atoms with Crippen molar-refractivity contribution in [3.05, 3.63) is 34.5 Å². The van der Waals surface area contributed by atoms with Crippen LogP contribution < -0.4 is 0 Å². The molecule has 0 fully saturated rings. The molecule has 2 aromatic rings. The molecule has 0 aliphatic carbocycles. The molecule has 4 nitrogen and oxygen atoms in total. The van der Waals surface area contributed by atoms with Crippen molar-refractivity contribution in [1.29, 1.82) is 0 Å². The minimum Gasteiger partial charge on any atom is -0.225 e. The highest BCUT2D eigenvalue weighted by molar-refractivity contribution is 9.10. The Hall–Kier alpha value is -1.44. The number of hydrogen-bond acceptors (Lipinski definition) is 3. The zero-order valence-corrected chi connectivity index (χ0v) is 12.6. The molecule has 0 bridgehead atoms. The molecule has 0 atom stereocenters. The maximum absolute atomic E-state index is 12.6. The third-order valence-electron chi connectivity index (χ3n) is 2.50. The van der Waals surface area contributed by atoms with E-state index in [1.165, 1.54) is 6.07 Å². The lowest BCUT2D eigenvalue weighted by Crippen LogP contribution is -2.17. The summed E-state index contributed by atoms with van der Waals surface area (Å²) in [6.07, 6.45) is -2.75. The first-order valence-electron chi connectivity index (χ1n) is 5.75. The monoisotopic (exact) mass is 348 g/mol. The SMILES string of the molecule is CC(C)(C)c1nc(Br)cc(-n2cc(C(F)(F)F)cn2)n1. The first kappa shape index (κ1) is 15.0. The van der Waals surface area contributed by atoms with Crippen LogP contribution in [0.3, 0.4) is 0 Å². The minimum atomic E-state index is -4.42. The summed E-state index contributed by atoms with van der Waals surface area (Å²) in [5, 5.41) is 3.70. The molecule has 108 valence electrons. The van der Waals surface area contributed by atoms with Crippen LogP contribution in [0, 0.1) is 0 Å². The Morgan fingerprint density at radius 3 is 2.30 bits per heavy atom. The standard InChI is InChI=1S/C12H12BrF3N4/c1-11(2,3)10-18-8(13)4-9(19-10)20-6-7(5-17-20)12(14,15)16/h4-6H,1-3H3. The maximum Gasteiger partial charge on any atom is 0.419 e. The molecule has 2 heterocycles. The number of nitrogens with zero attached hydrogens (tertiary/aromatic N) is 4. The van der Waals surface area contributed by atoms with Gasteiger partial charge in [0.25, 0.3) is 0 Å². The van der Waals surface area contributed by atoms with Crippen molar-refractivity contribution in [2.24, 2.45) is 0 Å². The third kappa shape index (κ3) is 3.17. The van der Waals surface area contributed by atoms with Gasteiger partial charge in [-0.15, -0.1) is 0 Å². The molecule has 0 amide bonds. The predicted molar refractivity (Wildman–Crippen MR) is 70.6 cm³/mol. The van der Waals surface area contributed by atoms with E-state index in [1.54, 1.807) is 0 Å². The van der Waals surface area contributed by atoms with E-state index in [4.69, 9.17) is 0 Å². The lowest BCUT2D eigenvalue weighted by molar-refractivity contribution is -0.137. The Morgan fingerprint density at radius 1 is 1.15 bits per heavy atom. The largest absolute Gasteiger partial charge is 0.419 e. The maximum atomic E-state index is 12.6. The van der Waals surface area contributed by atoms with Crippen molar-refractivity contribution in [3.8, 4) is 5.82 Å². The van der Waals surface area contributed by atoms with Crippen molar-refractivity contribution >= 4 is 15.9 Å². The molecule has 0 aliphatic heterocycles. The highest BCUT2D eigenvalue weighted by Crippen LogP contribution is 2.29. The smallest absolute Gasteiger partial charge is 0.225 e. The van der Waals surface area contributed by atoms with E-state index in [1.807, 2.05) is 20.8 Å². The van der Waals surface area contributed by atoms with Crippen molar-refractivity contribution in [1.82, 2.24) is 19.7 Å². The summed E-state index contributed by atoms with van der Waals surface area (Å²) in [5.74, 6) is 0.804. The van der Waals surface area contributed by atoms with Gasteiger partial charge in [0, 0.05) is 17.7 Å². The van der Waals surface area contributed by atoms with Crippen LogP contribution in [0.2, 0.25) is 0 Å². The van der Waals surface area contributed by atoms with E-state index in [0.29, 0.717) is 10.4 Å². The van der Waals surface area contributed by atoms with E-state index in [2.05, 4.69) is 31.0 Å². The average Bonchev–Trinajstić information content (AvgIpc) is 2.75. The van der Waals surface area contributed by atoms with Gasteiger partial charge in [0.1, 0.15) is 10.4 Å². The summed E-state index contributed by atoms with van der Waals surface area (Å²) in [6, 6.07) is 1.52. The van der Waals surface area contributed by atoms with Gasteiger partial charge >= 0.3 is 6.18 Å². The van der Waals surface area contributed by atoms with Gasteiger partial charge in [-0.1, -0.05) is 20.8 Å². The van der Waals surface area contributed by atoms with Crippen LogP contribution in [0.4, 0.5) is 13.2 Å². The lowest BCUT2D eigenvalue weighted by Gasteiger charge is -2.17. The minimum absolute atomic E-state index is 0.285. The van der Waals surface area contributed by atoms with Crippen LogP contribution >= 0.6 is 15.9 Å². The summed E-state index contributed by atoms with van der Waals surface area (Å²) in [6.45, 7) is 5.76. The molecular weight excluding hydrogens is 337 g/mol. The molecule has 0 saturated heterocycles. The summed E-state index contributed by atoms with van der Waals surface area (Å²) in [7, 11) is 0. The van der Waals surface area contributed by atoms with Crippen LogP contribution in [0.25, 0.3) is 5.82 Å². The van der Waals surface area contributed by atoms with Gasteiger partial charge in [-0.25, -0.2) is 14.6 Å². The van der Waals surface area contributed by atoms with Gasteiger partial charge in [-0.2, -0.15) is 18.3 Å². The molecule has 0 aliphatic rings. The predicted octanol–water partition coefficient (Wildman–Crippen LogP) is 3.74. The molecular formula is C12H12BrF3N4. The van der Waals surface area contributed by atoms with Crippen molar-refractivity contribution < 1.29 is 13.2 Å². The number of alkyl halides is 3. The zero-order valence-electron chi connectivity index (χ0n) is 11.0. The molecule has 0 unspecified atom stereocenters. The first-order chi connectivity index (χ1) is 9.07. The molecule has 2 aromatic heterocycles. The fourth-order valence-electron chi connectivity index (χ4n) is 1.45. The van der Waals surface area contributed by atoms with Gasteiger partial charge in [-0.3, -0.25) is 0 Å². The molecule has 8 heteroatoms. The Bertz CT molecular complexity index is 628. The van der Waals surface area contributed by atoms with E-state index >= 15 is 0 Å². The van der Waals surface area contributed by atoms with E-state index in [9.17, 15) is 13.2 Å². The number of rotatable bonds is 1. The third-order valence-corrected chi connectivity index (χ3v) is 2.90. The van der Waals surface area contributed by atoms with E-state index in [0.717, 1.165) is 17.1 Å². The fraction of sp³-hybridized carbons (Fsp3) is 0.417. The second-order valence-electron chi connectivity index (χ2n) is 5.29. The lowest BCUT2D eigenvalue weighted by atomic mass is 9.96. The van der Waals surface area contributed by atoms with Crippen molar-refractivity contribution in [3.63, 3.8) is 0 Å². The summed E-state index contributed by atoms with van der Waals surface area (Å²) in [5.41, 5.74) is -1.14. The second kappa shape index (κ2) is 4.83. The van der Waals surface area contributed by atoms with Gasteiger partial charge in [-0.05, 0) is 15.9 Å². The molecule has 0 saturated carbocycles. The van der Waals surface area contributed by atoms with Crippen LogP contribution in [-0.2, 0) is 11.6 Å². The molecule has 0 N–H and O–H groups in total. The van der Waals surface area contributed by atoms with E-state index < -0.39 is 11.7 Å². The van der Waals surface area contributed by atoms with Gasteiger partial charge < -0.3 is 0 Å². The van der Waals surface area contributed by atoms with Crippen LogP contribution in [0.5, 0.6) is 0 Å². The van der Waals surface area contributed by atoms with Gasteiger partial charge in [0.2, 0.25) is 0 Å². The normalized spacial score (nSPS) is 12.8. The number of halogens is 4. The number of hydrogen-bond donors (Lipinski definition) is 0. The summed E-state index contributed by atoms with van der Waals surface area (Å²) < 4.78 is 39.3. The molecule has 2 rings (SSSR count). The number of aromatic nitrogens is 4. The highest BCUT2D eigenvalue weighted by atomic mass is 79.9. The Labute approximate surface area is 122 Å². The van der Waals surface area contributed by atoms with Crippen LogP contribution in [-0.4, -0.2) is 19.7 Å². The molecule has 20 heavy (non-hydrogen) atoms. The zero-order chi connectivity index (χ0) is 15.1. The molecule has 0 aromatic carbocycles. The second-order valence-corrected chi connectivity index (χ2v) is 6.11. The Kier molecular flexibility index (Phi) is 3.62. The molecule has 0 radical (unpaired) electrons. The van der Waals surface area contributed by atoms with Crippen LogP contribution in [0.15, 0.2) is 23.1 Å². The van der Waals surface area contributed by atoms with Gasteiger partial charge in [0.15, 0.2) is 5.82 Å². The Morgan fingerprint density at radius 2 is 1.80 bits per heavy atom. The first-order valence-corrected chi connectivity index (χ1v) is 6.54. The Balaban J connectivity index is 2.48. The van der Waals surface area contributed by atoms with Gasteiger partial charge in [0.05, 0.1) is 11.8 Å². The highest BCUT2D eigenvalue weighted by Gasteiger charge is 2.32. The van der Waals surface area contributed by atoms with Crippen LogP contribution in [0.1, 0.15) is 32.2 Å². The summed E-state index contributed by atoms with van der Waals surface area (Å²) >= 11 is 3.23. The van der Waals surface area contributed by atoms with Crippen molar-refractivity contribution in [2.75, 3.05) is 0 Å². The quantitative estimate of drug-likeness (QED) is 0.737. The molecule has 0 spiro atoms. The topological polar surface area (TPSA) is 43.6 Å². The van der Waals surface area contributed by atoms with E-state index in [-0.39, 0.29) is 11.2 Å². The fourth-order valence-corrected chi connectivity index (χ4v) is 1.83.